The topological polar surface area (TPSA) is 0 Å². The van der Waals surface area contributed by atoms with Gasteiger partial charge in [-0.2, -0.15) is 13.2 Å². The minimum atomic E-state index is -4.03. The maximum Gasteiger partial charge on any atom is 0.441 e. The molecular formula is C7H5F4I. The van der Waals surface area contributed by atoms with Crippen molar-refractivity contribution in [1.29, 1.82) is 0 Å². The summed E-state index contributed by atoms with van der Waals surface area (Å²) in [6.45, 7) is 0. The number of benzene rings is 1. The second kappa shape index (κ2) is 5.34. The van der Waals surface area contributed by atoms with E-state index < -0.39 is 4.18 Å². The Hall–Kier alpha value is -0.330. The lowest BCUT2D eigenvalue weighted by Gasteiger charge is -1.85. The molecule has 0 aromatic heterocycles. The number of hydrogen-bond donors (Lipinski definition) is 0. The molecule has 0 radical (unpaired) electrons. The first kappa shape index (κ1) is 11.7. The van der Waals surface area contributed by atoms with Gasteiger partial charge in [-0.3, -0.25) is 0 Å². The molecule has 0 spiro atoms. The maximum atomic E-state index is 11.9. The van der Waals surface area contributed by atoms with Crippen molar-refractivity contribution in [1.82, 2.24) is 0 Å². The molecule has 0 atom stereocenters. The van der Waals surface area contributed by atoms with Gasteiger partial charge in [0.05, 0.1) is 0 Å². The summed E-state index contributed by atoms with van der Waals surface area (Å²) in [4.78, 5) is 0. The molecule has 1 rings (SSSR count). The van der Waals surface area contributed by atoms with E-state index in [2.05, 4.69) is 0 Å². The van der Waals surface area contributed by atoms with Crippen molar-refractivity contribution in [3.05, 3.63) is 36.1 Å². The van der Waals surface area contributed by atoms with E-state index in [0.717, 1.165) is 0 Å². The molecule has 0 nitrogen and oxygen atoms in total. The highest BCUT2D eigenvalue weighted by molar-refractivity contribution is 14.1. The normalized spacial score (nSPS) is 10.1. The summed E-state index contributed by atoms with van der Waals surface area (Å²) < 4.78 is 38.9. The van der Waals surface area contributed by atoms with E-state index in [1.807, 2.05) is 0 Å². The number of halogens is 5. The number of rotatable bonds is 0. The Labute approximate surface area is 80.7 Å². The van der Waals surface area contributed by atoms with E-state index in [4.69, 9.17) is 0 Å². The molecule has 0 heterocycles. The first-order valence-corrected chi connectivity index (χ1v) is 3.93. The predicted octanol–water partition coefficient (Wildman–Crippen LogP) is 3.77. The van der Waals surface area contributed by atoms with Gasteiger partial charge < -0.3 is 0 Å². The highest BCUT2D eigenvalue weighted by Gasteiger charge is 2.19. The van der Waals surface area contributed by atoms with Crippen LogP contribution in [0.1, 0.15) is 0 Å². The average molecular weight is 292 g/mol. The zero-order valence-corrected chi connectivity index (χ0v) is 7.93. The standard InChI is InChI=1S/C6H5F.CF3I/c7-6-4-2-1-3-5-6;2-1(3,4)5/h1-5H;. The molecule has 5 heteroatoms. The van der Waals surface area contributed by atoms with Crippen molar-refractivity contribution in [2.45, 2.75) is 4.18 Å². The van der Waals surface area contributed by atoms with Crippen LogP contribution in [0, 0.1) is 5.82 Å². The van der Waals surface area contributed by atoms with E-state index >= 15 is 0 Å². The molecule has 0 N–H and O–H groups in total. The summed E-state index contributed by atoms with van der Waals surface area (Å²) in [7, 11) is 0. The van der Waals surface area contributed by atoms with Crippen LogP contribution in [-0.2, 0) is 0 Å². The molecule has 0 unspecified atom stereocenters. The van der Waals surface area contributed by atoms with Gasteiger partial charge in [0.2, 0.25) is 0 Å². The Morgan fingerprint density at radius 1 is 1.00 bits per heavy atom. The van der Waals surface area contributed by atoms with E-state index in [9.17, 15) is 17.6 Å². The second-order valence-corrected chi connectivity index (χ2v) is 2.95. The quantitative estimate of drug-likeness (QED) is 0.388. The van der Waals surface area contributed by atoms with Crippen molar-refractivity contribution in [3.63, 3.8) is 0 Å². The molecule has 68 valence electrons. The molecule has 0 aliphatic rings. The summed E-state index contributed by atoms with van der Waals surface area (Å²) in [5.41, 5.74) is 0. The molecular weight excluding hydrogens is 287 g/mol. The number of hydrogen-bond acceptors (Lipinski definition) is 0. The number of alkyl halides is 4. The van der Waals surface area contributed by atoms with Crippen LogP contribution >= 0.6 is 22.6 Å². The average Bonchev–Trinajstić information content (AvgIpc) is 1.85. The molecule has 0 aliphatic carbocycles. The summed E-state index contributed by atoms with van der Waals surface area (Å²) in [5.74, 6) is -0.178. The molecule has 12 heavy (non-hydrogen) atoms. The van der Waals surface area contributed by atoms with Crippen molar-refractivity contribution in [2.75, 3.05) is 0 Å². The van der Waals surface area contributed by atoms with Crippen LogP contribution in [0.25, 0.3) is 0 Å². The SMILES string of the molecule is FC(F)(F)I.Fc1ccccc1. The molecule has 0 amide bonds. The summed E-state index contributed by atoms with van der Waals surface area (Å²) in [6, 6.07) is 7.94. The van der Waals surface area contributed by atoms with Gasteiger partial charge in [0.25, 0.3) is 0 Å². The third-order valence-electron chi connectivity index (χ3n) is 0.733. The van der Waals surface area contributed by atoms with Crippen LogP contribution in [0.4, 0.5) is 17.6 Å². The van der Waals surface area contributed by atoms with E-state index in [1.54, 1.807) is 18.2 Å². The third kappa shape index (κ3) is 12.4. The molecule has 0 fully saturated rings. The van der Waals surface area contributed by atoms with Gasteiger partial charge in [0.1, 0.15) is 5.82 Å². The fourth-order valence-electron chi connectivity index (χ4n) is 0.415. The van der Waals surface area contributed by atoms with Crippen molar-refractivity contribution < 1.29 is 17.6 Å². The molecule has 0 aliphatic heterocycles. The zero-order chi connectivity index (χ0) is 9.61. The van der Waals surface area contributed by atoms with Gasteiger partial charge in [0.15, 0.2) is 0 Å². The lowest BCUT2D eigenvalue weighted by atomic mass is 10.4. The summed E-state index contributed by atoms with van der Waals surface area (Å²) in [6.07, 6.45) is 0. The first-order valence-electron chi connectivity index (χ1n) is 2.86. The van der Waals surface area contributed by atoms with Gasteiger partial charge in [-0.25, -0.2) is 4.39 Å². The smallest absolute Gasteiger partial charge is 0.207 e. The largest absolute Gasteiger partial charge is 0.441 e. The van der Waals surface area contributed by atoms with Gasteiger partial charge in [-0.05, 0) is 12.1 Å². The van der Waals surface area contributed by atoms with E-state index in [0.29, 0.717) is 22.6 Å². The van der Waals surface area contributed by atoms with Crippen molar-refractivity contribution in [2.24, 2.45) is 0 Å². The fourth-order valence-corrected chi connectivity index (χ4v) is 0.415. The van der Waals surface area contributed by atoms with Crippen molar-refractivity contribution >= 4 is 22.6 Å². The lowest BCUT2D eigenvalue weighted by molar-refractivity contribution is -0.0125. The Bertz CT molecular complexity index is 200. The Kier molecular flexibility index (Phi) is 5.19. The monoisotopic (exact) mass is 292 g/mol. The summed E-state index contributed by atoms with van der Waals surface area (Å²) >= 11 is 0.378. The highest BCUT2D eigenvalue weighted by atomic mass is 127. The van der Waals surface area contributed by atoms with E-state index in [1.165, 1.54) is 12.1 Å². The maximum absolute atomic E-state index is 11.9. The Morgan fingerprint density at radius 2 is 1.33 bits per heavy atom. The van der Waals surface area contributed by atoms with Gasteiger partial charge in [-0.15, -0.1) is 0 Å². The molecule has 1 aromatic carbocycles. The highest BCUT2D eigenvalue weighted by Crippen LogP contribution is 2.22. The molecule has 0 bridgehead atoms. The fraction of sp³-hybridized carbons (Fsp3) is 0.143. The van der Waals surface area contributed by atoms with E-state index in [-0.39, 0.29) is 5.82 Å². The van der Waals surface area contributed by atoms with Gasteiger partial charge in [0, 0.05) is 22.6 Å². The van der Waals surface area contributed by atoms with Crippen LogP contribution < -0.4 is 0 Å². The predicted molar refractivity (Wildman–Crippen MR) is 46.5 cm³/mol. The Balaban J connectivity index is 0.000000217. The second-order valence-electron chi connectivity index (χ2n) is 1.72. The lowest BCUT2D eigenvalue weighted by Crippen LogP contribution is -1.87. The molecule has 0 saturated heterocycles. The van der Waals surface area contributed by atoms with Crippen LogP contribution in [0.5, 0.6) is 0 Å². The minimum Gasteiger partial charge on any atom is -0.207 e. The third-order valence-corrected chi connectivity index (χ3v) is 0.733. The van der Waals surface area contributed by atoms with Crippen molar-refractivity contribution in [3.8, 4) is 0 Å². The van der Waals surface area contributed by atoms with Gasteiger partial charge >= 0.3 is 4.18 Å². The van der Waals surface area contributed by atoms with Gasteiger partial charge in [-0.1, -0.05) is 18.2 Å². The van der Waals surface area contributed by atoms with Crippen LogP contribution in [0.3, 0.4) is 0 Å². The van der Waals surface area contributed by atoms with Crippen LogP contribution in [-0.4, -0.2) is 4.18 Å². The molecule has 1 aromatic rings. The Morgan fingerprint density at radius 3 is 1.50 bits per heavy atom. The first-order chi connectivity index (χ1) is 5.39. The summed E-state index contributed by atoms with van der Waals surface area (Å²) in [5, 5.41) is 0. The zero-order valence-electron chi connectivity index (χ0n) is 5.78. The van der Waals surface area contributed by atoms with Crippen LogP contribution in [0.2, 0.25) is 0 Å². The van der Waals surface area contributed by atoms with Crippen LogP contribution in [0.15, 0.2) is 30.3 Å². The molecule has 0 saturated carbocycles. The minimum absolute atomic E-state index is 0.178.